The molecule has 2 fully saturated rings. The van der Waals surface area contributed by atoms with E-state index in [0.717, 1.165) is 25.8 Å². The Morgan fingerprint density at radius 1 is 1.35 bits per heavy atom. The average molecular weight is 239 g/mol. The molecule has 1 aliphatic heterocycles. The van der Waals surface area contributed by atoms with Crippen LogP contribution < -0.4 is 0 Å². The van der Waals surface area contributed by atoms with E-state index in [4.69, 9.17) is 0 Å². The van der Waals surface area contributed by atoms with Crippen LogP contribution in [0, 0.1) is 17.3 Å². The van der Waals surface area contributed by atoms with Gasteiger partial charge in [0.15, 0.2) is 0 Å². The molecule has 98 valence electrons. The summed E-state index contributed by atoms with van der Waals surface area (Å²) in [5.74, 6) is 1.10. The van der Waals surface area contributed by atoms with Gasteiger partial charge in [-0.2, -0.15) is 0 Å². The van der Waals surface area contributed by atoms with Crippen LogP contribution in [0.5, 0.6) is 0 Å². The largest absolute Gasteiger partial charge is 0.391 e. The minimum absolute atomic E-state index is 0.180. The molecule has 1 heterocycles. The van der Waals surface area contributed by atoms with Gasteiger partial charge in [0.25, 0.3) is 0 Å². The zero-order valence-electron chi connectivity index (χ0n) is 11.3. The number of aliphatic hydroxyl groups is 1. The van der Waals surface area contributed by atoms with E-state index >= 15 is 0 Å². The molecule has 0 aromatic carbocycles. The van der Waals surface area contributed by atoms with Crippen LogP contribution in [0.15, 0.2) is 0 Å². The third-order valence-electron chi connectivity index (χ3n) is 4.21. The predicted octanol–water partition coefficient (Wildman–Crippen LogP) is 2.04. The van der Waals surface area contributed by atoms with Gasteiger partial charge in [0, 0.05) is 19.0 Å². The summed E-state index contributed by atoms with van der Waals surface area (Å²) in [6, 6.07) is 0. The first kappa shape index (κ1) is 12.9. The molecule has 3 nitrogen and oxygen atoms in total. The van der Waals surface area contributed by atoms with Gasteiger partial charge < -0.3 is 10.0 Å². The van der Waals surface area contributed by atoms with Gasteiger partial charge >= 0.3 is 0 Å². The zero-order chi connectivity index (χ0) is 12.6. The van der Waals surface area contributed by atoms with Crippen molar-refractivity contribution in [3.05, 3.63) is 0 Å². The highest BCUT2D eigenvalue weighted by Gasteiger charge is 2.38. The van der Waals surface area contributed by atoms with Crippen LogP contribution in [-0.4, -0.2) is 35.1 Å². The number of nitrogens with zero attached hydrogens (tertiary/aromatic N) is 1. The lowest BCUT2D eigenvalue weighted by Crippen LogP contribution is -2.40. The number of hydrogen-bond donors (Lipinski definition) is 1. The van der Waals surface area contributed by atoms with E-state index in [1.54, 1.807) is 0 Å². The number of β-amino-alcohol motifs (C(OH)–C–C–N with tert-alkyl or cyclic N) is 1. The third kappa shape index (κ3) is 3.01. The Labute approximate surface area is 104 Å². The smallest absolute Gasteiger partial charge is 0.225 e. The molecule has 2 rings (SSSR count). The number of rotatable bonds is 1. The van der Waals surface area contributed by atoms with Gasteiger partial charge in [-0.15, -0.1) is 0 Å². The summed E-state index contributed by atoms with van der Waals surface area (Å²) in [6.07, 6.45) is 3.70. The molecule has 0 aromatic rings. The van der Waals surface area contributed by atoms with Crippen molar-refractivity contribution >= 4 is 5.91 Å². The van der Waals surface area contributed by atoms with Crippen LogP contribution in [0.1, 0.15) is 46.5 Å². The van der Waals surface area contributed by atoms with E-state index in [1.165, 1.54) is 6.42 Å². The first-order valence-electron chi connectivity index (χ1n) is 6.84. The van der Waals surface area contributed by atoms with E-state index < -0.39 is 0 Å². The number of amides is 1. The fourth-order valence-corrected chi connectivity index (χ4v) is 3.73. The lowest BCUT2D eigenvalue weighted by atomic mass is 9.67. The molecular weight excluding hydrogens is 214 g/mol. The zero-order valence-corrected chi connectivity index (χ0v) is 11.3. The Bertz CT molecular complexity index is 301. The fourth-order valence-electron chi connectivity index (χ4n) is 3.73. The Balaban J connectivity index is 1.99. The molecule has 0 bridgehead atoms. The van der Waals surface area contributed by atoms with Crippen molar-refractivity contribution in [2.45, 2.75) is 52.6 Å². The van der Waals surface area contributed by atoms with E-state index in [0.29, 0.717) is 12.5 Å². The Hall–Kier alpha value is -0.570. The Morgan fingerprint density at radius 3 is 2.59 bits per heavy atom. The highest BCUT2D eigenvalue weighted by Crippen LogP contribution is 2.42. The van der Waals surface area contributed by atoms with Crippen LogP contribution in [0.25, 0.3) is 0 Å². The van der Waals surface area contributed by atoms with Gasteiger partial charge in [0.05, 0.1) is 6.10 Å². The first-order valence-corrected chi connectivity index (χ1v) is 6.84. The van der Waals surface area contributed by atoms with E-state index in [2.05, 4.69) is 20.8 Å². The number of hydrogen-bond acceptors (Lipinski definition) is 2. The summed E-state index contributed by atoms with van der Waals surface area (Å²) in [7, 11) is 0. The number of likely N-dealkylation sites (tertiary alicyclic amines) is 1. The van der Waals surface area contributed by atoms with Crippen molar-refractivity contribution in [2.24, 2.45) is 17.3 Å². The van der Waals surface area contributed by atoms with Crippen molar-refractivity contribution in [1.29, 1.82) is 0 Å². The minimum Gasteiger partial charge on any atom is -0.391 e. The average Bonchev–Trinajstić information content (AvgIpc) is 2.60. The van der Waals surface area contributed by atoms with E-state index in [1.807, 2.05) is 4.90 Å². The summed E-state index contributed by atoms with van der Waals surface area (Å²) in [6.45, 7) is 8.07. The topological polar surface area (TPSA) is 40.5 Å². The van der Waals surface area contributed by atoms with Gasteiger partial charge in [-0.05, 0) is 37.0 Å². The molecule has 0 aromatic heterocycles. The molecule has 2 aliphatic rings. The standard InChI is InChI=1S/C14H25NO2/c1-10-6-11(8-14(2,3)7-10)13(17)15-5-4-12(16)9-15/h10-12,16H,4-9H2,1-3H3/t10?,11?,12-/m1/s1. The molecule has 0 spiro atoms. The van der Waals surface area contributed by atoms with Crippen LogP contribution >= 0.6 is 0 Å². The summed E-state index contributed by atoms with van der Waals surface area (Å²) in [5, 5.41) is 9.51. The number of aliphatic hydroxyl groups excluding tert-OH is 1. The Morgan fingerprint density at radius 2 is 2.06 bits per heavy atom. The summed E-state index contributed by atoms with van der Waals surface area (Å²) < 4.78 is 0. The van der Waals surface area contributed by atoms with Crippen molar-refractivity contribution in [3.8, 4) is 0 Å². The molecular formula is C14H25NO2. The summed E-state index contributed by atoms with van der Waals surface area (Å²) >= 11 is 0. The number of carbonyl (C=O) groups is 1. The maximum atomic E-state index is 12.4. The van der Waals surface area contributed by atoms with Crippen molar-refractivity contribution in [2.75, 3.05) is 13.1 Å². The molecule has 1 N–H and O–H groups in total. The first-order chi connectivity index (χ1) is 7.87. The number of carbonyl (C=O) groups excluding carboxylic acids is 1. The van der Waals surface area contributed by atoms with Gasteiger partial charge in [0.2, 0.25) is 5.91 Å². The Kier molecular flexibility index (Phi) is 3.48. The molecule has 0 radical (unpaired) electrons. The normalized spacial score (nSPS) is 37.2. The second-order valence-corrected chi connectivity index (χ2v) is 6.84. The second-order valence-electron chi connectivity index (χ2n) is 6.84. The molecule has 3 atom stereocenters. The quantitative estimate of drug-likeness (QED) is 0.760. The lowest BCUT2D eigenvalue weighted by molar-refractivity contribution is -0.138. The highest BCUT2D eigenvalue weighted by molar-refractivity contribution is 5.79. The van der Waals surface area contributed by atoms with Crippen LogP contribution in [0.2, 0.25) is 0 Å². The van der Waals surface area contributed by atoms with Crippen LogP contribution in [0.4, 0.5) is 0 Å². The van der Waals surface area contributed by atoms with Crippen molar-refractivity contribution in [1.82, 2.24) is 4.90 Å². The maximum Gasteiger partial charge on any atom is 0.225 e. The highest BCUT2D eigenvalue weighted by atomic mass is 16.3. The lowest BCUT2D eigenvalue weighted by Gasteiger charge is -2.39. The van der Waals surface area contributed by atoms with E-state index in [9.17, 15) is 9.90 Å². The summed E-state index contributed by atoms with van der Waals surface area (Å²) in [5.41, 5.74) is 0.288. The molecule has 1 saturated carbocycles. The molecule has 1 aliphatic carbocycles. The molecule has 2 unspecified atom stereocenters. The van der Waals surface area contributed by atoms with Crippen LogP contribution in [0.3, 0.4) is 0 Å². The van der Waals surface area contributed by atoms with Gasteiger partial charge in [0.1, 0.15) is 0 Å². The molecule has 17 heavy (non-hydrogen) atoms. The molecule has 3 heteroatoms. The molecule has 1 amide bonds. The van der Waals surface area contributed by atoms with Gasteiger partial charge in [-0.3, -0.25) is 4.79 Å². The van der Waals surface area contributed by atoms with Crippen molar-refractivity contribution < 1.29 is 9.90 Å². The molecule has 1 saturated heterocycles. The van der Waals surface area contributed by atoms with E-state index in [-0.39, 0.29) is 23.3 Å². The fraction of sp³-hybridized carbons (Fsp3) is 0.929. The second kappa shape index (κ2) is 4.60. The van der Waals surface area contributed by atoms with Crippen molar-refractivity contribution in [3.63, 3.8) is 0 Å². The maximum absolute atomic E-state index is 12.4. The SMILES string of the molecule is CC1CC(C(=O)N2CC[C@@H](O)C2)CC(C)(C)C1. The minimum atomic E-state index is -0.298. The monoisotopic (exact) mass is 239 g/mol. The predicted molar refractivity (Wildman–Crippen MR) is 67.5 cm³/mol. The summed E-state index contributed by atoms with van der Waals surface area (Å²) in [4.78, 5) is 14.3. The van der Waals surface area contributed by atoms with Gasteiger partial charge in [-0.1, -0.05) is 20.8 Å². The van der Waals surface area contributed by atoms with Crippen LogP contribution in [-0.2, 0) is 4.79 Å². The van der Waals surface area contributed by atoms with Gasteiger partial charge in [-0.25, -0.2) is 0 Å². The third-order valence-corrected chi connectivity index (χ3v) is 4.21.